The van der Waals surface area contributed by atoms with Gasteiger partial charge in [0.25, 0.3) is 0 Å². The Balaban J connectivity index is 1.74. The molecule has 46 heavy (non-hydrogen) atoms. The topological polar surface area (TPSA) is 108 Å². The second kappa shape index (κ2) is 13.7. The molecular weight excluding hydrogens is 586 g/mol. The van der Waals surface area contributed by atoms with Gasteiger partial charge in [0.2, 0.25) is 0 Å². The first-order chi connectivity index (χ1) is 21.5. The van der Waals surface area contributed by atoms with Crippen molar-refractivity contribution in [3.8, 4) is 0 Å². The van der Waals surface area contributed by atoms with Gasteiger partial charge in [-0.2, -0.15) is 0 Å². The summed E-state index contributed by atoms with van der Waals surface area (Å²) >= 11 is 0. The Morgan fingerprint density at radius 1 is 0.891 bits per heavy atom. The molecule has 8 atom stereocenters. The highest BCUT2D eigenvalue weighted by molar-refractivity contribution is 5.71. The van der Waals surface area contributed by atoms with Gasteiger partial charge in [-0.25, -0.2) is 0 Å². The third-order valence-corrected chi connectivity index (χ3v) is 10.8. The van der Waals surface area contributed by atoms with E-state index < -0.39 is 53.2 Å². The molecule has 9 heteroatoms. The number of hydrogen-bond donors (Lipinski definition) is 0. The first kappa shape index (κ1) is 35.4. The van der Waals surface area contributed by atoms with Crippen molar-refractivity contribution in [2.75, 3.05) is 14.1 Å². The highest BCUT2D eigenvalue weighted by Gasteiger charge is 2.60. The normalized spacial score (nSPS) is 31.1. The molecule has 0 aliphatic heterocycles. The predicted molar refractivity (Wildman–Crippen MR) is 173 cm³/mol. The molecule has 4 rings (SSSR count). The van der Waals surface area contributed by atoms with Gasteiger partial charge >= 0.3 is 23.9 Å². The van der Waals surface area contributed by atoms with Crippen LogP contribution in [0.5, 0.6) is 0 Å². The lowest BCUT2D eigenvalue weighted by Crippen LogP contribution is -2.59. The number of nitrogens with zero attached hydrogens (tertiary/aromatic N) is 1. The lowest BCUT2D eigenvalue weighted by Gasteiger charge is -2.58. The number of ether oxygens (including phenoxy) is 4. The minimum absolute atomic E-state index is 0.00128. The number of esters is 4. The lowest BCUT2D eigenvalue weighted by atomic mass is 9.50. The van der Waals surface area contributed by atoms with E-state index in [1.54, 1.807) is 0 Å². The fraction of sp³-hybridized carbons (Fsp3) is 0.622. The van der Waals surface area contributed by atoms with E-state index in [1.807, 2.05) is 56.3 Å². The van der Waals surface area contributed by atoms with Gasteiger partial charge in [-0.1, -0.05) is 57.7 Å². The molecular formula is C37H51NO8. The number of carbonyl (C=O) groups is 4. The number of rotatable bonds is 8. The number of carbonyl (C=O) groups excluding carboxylic acids is 4. The van der Waals surface area contributed by atoms with Crippen molar-refractivity contribution in [2.24, 2.45) is 22.7 Å². The highest BCUT2D eigenvalue weighted by atomic mass is 16.6. The minimum atomic E-state index is -0.899. The van der Waals surface area contributed by atoms with Gasteiger partial charge in [0.05, 0.1) is 6.42 Å². The summed E-state index contributed by atoms with van der Waals surface area (Å²) in [5.41, 5.74) is 2.25. The minimum Gasteiger partial charge on any atom is -0.458 e. The van der Waals surface area contributed by atoms with Crippen molar-refractivity contribution in [3.05, 3.63) is 59.2 Å². The molecule has 0 heterocycles. The third-order valence-electron chi connectivity index (χ3n) is 10.8. The van der Waals surface area contributed by atoms with Gasteiger partial charge in [0, 0.05) is 32.2 Å². The van der Waals surface area contributed by atoms with Crippen LogP contribution in [0.2, 0.25) is 0 Å². The quantitative estimate of drug-likeness (QED) is 0.189. The monoisotopic (exact) mass is 637 g/mol. The zero-order valence-corrected chi connectivity index (χ0v) is 28.9. The molecule has 0 spiro atoms. The first-order valence-corrected chi connectivity index (χ1v) is 16.3. The molecule has 0 unspecified atom stereocenters. The van der Waals surface area contributed by atoms with Gasteiger partial charge in [-0.15, -0.1) is 0 Å². The van der Waals surface area contributed by atoms with Crippen molar-refractivity contribution in [2.45, 2.75) is 111 Å². The first-order valence-electron chi connectivity index (χ1n) is 16.3. The van der Waals surface area contributed by atoms with Crippen LogP contribution in [-0.4, -0.2) is 67.3 Å². The van der Waals surface area contributed by atoms with Gasteiger partial charge in [-0.3, -0.25) is 19.2 Å². The molecule has 3 aliphatic carbocycles. The lowest BCUT2D eigenvalue weighted by molar-refractivity contribution is -0.187. The number of benzene rings is 1. The van der Waals surface area contributed by atoms with E-state index in [1.165, 1.54) is 20.8 Å². The molecule has 9 nitrogen and oxygen atoms in total. The van der Waals surface area contributed by atoms with E-state index >= 15 is 0 Å². The van der Waals surface area contributed by atoms with E-state index in [-0.39, 0.29) is 30.3 Å². The standard InChI is InChI=1S/C37H51NO8/c1-21-28-18-27-19-31(43-23(3)39)22(2)33(36(27,6)7)34(44-24(4)40)35(45-25(5)41)37(28,8)17-16-30(21)46-32(42)20-29(38(9)10)26-14-12-11-13-15-26/h11-15,27-31,34-35H,1,16-20H2,2-10H3/t27-,28+,29+,30-,31-,34+,35-,37+/m0/s1. The van der Waals surface area contributed by atoms with Gasteiger partial charge in [0.1, 0.15) is 18.3 Å². The molecule has 0 aromatic heterocycles. The van der Waals surface area contributed by atoms with E-state index in [2.05, 4.69) is 27.4 Å². The molecule has 0 amide bonds. The summed E-state index contributed by atoms with van der Waals surface area (Å²) in [4.78, 5) is 53.0. The molecule has 0 saturated heterocycles. The molecule has 2 bridgehead atoms. The largest absolute Gasteiger partial charge is 0.458 e. The van der Waals surface area contributed by atoms with Crippen LogP contribution >= 0.6 is 0 Å². The molecule has 3 aliphatic rings. The molecule has 1 aromatic rings. The fourth-order valence-corrected chi connectivity index (χ4v) is 8.39. The Labute approximate surface area is 273 Å². The van der Waals surface area contributed by atoms with Crippen LogP contribution in [0.15, 0.2) is 53.6 Å². The molecule has 252 valence electrons. The Bertz CT molecular complexity index is 1380. The van der Waals surface area contributed by atoms with Crippen LogP contribution < -0.4 is 0 Å². The van der Waals surface area contributed by atoms with Crippen LogP contribution in [0, 0.1) is 22.7 Å². The van der Waals surface area contributed by atoms with Gasteiger partial charge in [-0.05, 0) is 86.2 Å². The second-order valence-corrected chi connectivity index (χ2v) is 14.4. The van der Waals surface area contributed by atoms with Crippen LogP contribution in [-0.2, 0) is 38.1 Å². The van der Waals surface area contributed by atoms with Crippen molar-refractivity contribution in [1.82, 2.24) is 4.90 Å². The van der Waals surface area contributed by atoms with E-state index in [0.29, 0.717) is 25.7 Å². The number of hydrogen-bond acceptors (Lipinski definition) is 9. The van der Waals surface area contributed by atoms with Crippen LogP contribution in [0.3, 0.4) is 0 Å². The van der Waals surface area contributed by atoms with Crippen molar-refractivity contribution in [3.63, 3.8) is 0 Å². The Morgan fingerprint density at radius 3 is 2.07 bits per heavy atom. The summed E-state index contributed by atoms with van der Waals surface area (Å²) in [5.74, 6) is -1.95. The molecule has 0 radical (unpaired) electrons. The maximum atomic E-state index is 13.5. The zero-order valence-electron chi connectivity index (χ0n) is 28.9. The van der Waals surface area contributed by atoms with Crippen molar-refractivity contribution in [1.29, 1.82) is 0 Å². The average Bonchev–Trinajstić information content (AvgIpc) is 2.95. The summed E-state index contributed by atoms with van der Waals surface area (Å²) in [7, 11) is 3.89. The highest BCUT2D eigenvalue weighted by Crippen LogP contribution is 2.60. The van der Waals surface area contributed by atoms with Gasteiger partial charge < -0.3 is 23.8 Å². The molecule has 2 fully saturated rings. The zero-order chi connectivity index (χ0) is 34.1. The average molecular weight is 638 g/mol. The molecule has 0 N–H and O–H groups in total. The molecule has 2 saturated carbocycles. The van der Waals surface area contributed by atoms with Crippen molar-refractivity contribution >= 4 is 23.9 Å². The van der Waals surface area contributed by atoms with Crippen molar-refractivity contribution < 1.29 is 38.1 Å². The number of fused-ring (bicyclic) bond motifs is 3. The fourth-order valence-electron chi connectivity index (χ4n) is 8.39. The van der Waals surface area contributed by atoms with E-state index in [9.17, 15) is 19.2 Å². The summed E-state index contributed by atoms with van der Waals surface area (Å²) in [6.45, 7) is 16.8. The summed E-state index contributed by atoms with van der Waals surface area (Å²) in [5, 5.41) is 0. The Kier molecular flexibility index (Phi) is 10.6. The van der Waals surface area contributed by atoms with Gasteiger partial charge in [0.15, 0.2) is 6.10 Å². The van der Waals surface area contributed by atoms with E-state index in [4.69, 9.17) is 18.9 Å². The maximum absolute atomic E-state index is 13.5. The SMILES string of the molecule is C=C1[C@@H](OC(=O)C[C@H](c2ccccc2)N(C)C)CC[C@]2(C)[C@@H]1C[C@H]1C[C@H](OC(C)=O)C(C)=C([C@@H](OC(C)=O)[C@@H]2OC(C)=O)C1(C)C. The van der Waals surface area contributed by atoms with E-state index in [0.717, 1.165) is 22.3 Å². The summed E-state index contributed by atoms with van der Waals surface area (Å²) < 4.78 is 24.2. The Hall–Kier alpha value is -3.46. The molecule has 1 aromatic carbocycles. The smallest absolute Gasteiger partial charge is 0.308 e. The van der Waals surface area contributed by atoms with Crippen LogP contribution in [0.1, 0.15) is 92.2 Å². The predicted octanol–water partition coefficient (Wildman–Crippen LogP) is 6.13. The van der Waals surface area contributed by atoms with Crippen LogP contribution in [0.4, 0.5) is 0 Å². The maximum Gasteiger partial charge on any atom is 0.308 e. The third kappa shape index (κ3) is 7.09. The second-order valence-electron chi connectivity index (χ2n) is 14.4. The Morgan fingerprint density at radius 2 is 1.50 bits per heavy atom. The summed E-state index contributed by atoms with van der Waals surface area (Å²) in [6.07, 6.45) is -0.346. The summed E-state index contributed by atoms with van der Waals surface area (Å²) in [6, 6.07) is 9.73. The van der Waals surface area contributed by atoms with Crippen LogP contribution in [0.25, 0.3) is 0 Å².